The smallest absolute Gasteiger partial charge is 0.337 e. The van der Waals surface area contributed by atoms with Gasteiger partial charge in [-0.15, -0.1) is 0 Å². The molecule has 1 N–H and O–H groups in total. The van der Waals surface area contributed by atoms with E-state index in [4.69, 9.17) is 14.2 Å². The van der Waals surface area contributed by atoms with Crippen molar-refractivity contribution >= 4 is 12.0 Å². The van der Waals surface area contributed by atoms with Gasteiger partial charge in [-0.25, -0.2) is 9.59 Å². The van der Waals surface area contributed by atoms with Crippen LogP contribution in [-0.4, -0.2) is 44.8 Å². The van der Waals surface area contributed by atoms with Crippen molar-refractivity contribution in [1.29, 1.82) is 0 Å². The molecule has 25 heavy (non-hydrogen) atoms. The lowest BCUT2D eigenvalue weighted by Crippen LogP contribution is -2.46. The number of urea groups is 1. The van der Waals surface area contributed by atoms with Gasteiger partial charge in [0.2, 0.25) is 0 Å². The van der Waals surface area contributed by atoms with Crippen LogP contribution in [-0.2, 0) is 9.53 Å². The Labute approximate surface area is 147 Å². The number of nitrogens with zero attached hydrogens (tertiary/aromatic N) is 1. The van der Waals surface area contributed by atoms with Crippen LogP contribution in [0.4, 0.5) is 4.79 Å². The van der Waals surface area contributed by atoms with Crippen LogP contribution >= 0.6 is 0 Å². The van der Waals surface area contributed by atoms with Gasteiger partial charge in [-0.1, -0.05) is 13.0 Å². The fraction of sp³-hybridized carbons (Fsp3) is 0.444. The quantitative estimate of drug-likeness (QED) is 0.800. The molecular weight excluding hydrogens is 324 g/mol. The van der Waals surface area contributed by atoms with Gasteiger partial charge in [0, 0.05) is 12.7 Å². The lowest BCUT2D eigenvalue weighted by atomic mass is 9.94. The van der Waals surface area contributed by atoms with Crippen molar-refractivity contribution in [3.8, 4) is 11.5 Å². The minimum atomic E-state index is -0.620. The minimum absolute atomic E-state index is 0.291. The number of ether oxygens (including phenoxy) is 3. The number of carbonyl (C=O) groups is 2. The van der Waals surface area contributed by atoms with E-state index in [1.807, 2.05) is 6.92 Å². The molecule has 0 saturated heterocycles. The zero-order chi connectivity index (χ0) is 18.6. The van der Waals surface area contributed by atoms with Crippen molar-refractivity contribution < 1.29 is 23.8 Å². The largest absolute Gasteiger partial charge is 0.493 e. The number of amides is 2. The molecule has 1 atom stereocenters. The SMILES string of the molecule is CCCOc1ccc([C@H]2NC(=O)N(C)C(C)=C2C(=O)OC)cc1OC. The molecule has 1 aliphatic rings. The van der Waals surface area contributed by atoms with E-state index in [0.29, 0.717) is 34.9 Å². The van der Waals surface area contributed by atoms with Crippen LogP contribution in [0, 0.1) is 0 Å². The summed E-state index contributed by atoms with van der Waals surface area (Å²) in [5, 5.41) is 2.82. The monoisotopic (exact) mass is 348 g/mol. The molecule has 0 bridgehead atoms. The molecule has 1 aromatic rings. The Hall–Kier alpha value is -2.70. The minimum Gasteiger partial charge on any atom is -0.493 e. The molecule has 1 heterocycles. The fourth-order valence-electron chi connectivity index (χ4n) is 2.65. The maximum atomic E-state index is 12.3. The average molecular weight is 348 g/mol. The van der Waals surface area contributed by atoms with E-state index < -0.39 is 12.0 Å². The van der Waals surface area contributed by atoms with Gasteiger partial charge in [-0.05, 0) is 31.0 Å². The van der Waals surface area contributed by atoms with E-state index in [2.05, 4.69) is 5.32 Å². The molecule has 2 amide bonds. The predicted molar refractivity (Wildman–Crippen MR) is 92.5 cm³/mol. The Kier molecular flexibility index (Phi) is 5.90. The number of nitrogens with one attached hydrogen (secondary N) is 1. The second-order valence-corrected chi connectivity index (χ2v) is 5.69. The highest BCUT2D eigenvalue weighted by Gasteiger charge is 2.35. The van der Waals surface area contributed by atoms with E-state index >= 15 is 0 Å². The summed E-state index contributed by atoms with van der Waals surface area (Å²) in [7, 11) is 4.47. The summed E-state index contributed by atoms with van der Waals surface area (Å²) in [4.78, 5) is 25.8. The zero-order valence-corrected chi connectivity index (χ0v) is 15.2. The topological polar surface area (TPSA) is 77.1 Å². The second kappa shape index (κ2) is 7.92. The number of rotatable bonds is 6. The molecule has 7 nitrogen and oxygen atoms in total. The van der Waals surface area contributed by atoms with E-state index in [-0.39, 0.29) is 6.03 Å². The van der Waals surface area contributed by atoms with E-state index in [9.17, 15) is 9.59 Å². The van der Waals surface area contributed by atoms with Crippen molar-refractivity contribution in [1.82, 2.24) is 10.2 Å². The van der Waals surface area contributed by atoms with Crippen molar-refractivity contribution in [2.75, 3.05) is 27.9 Å². The number of carbonyl (C=O) groups excluding carboxylic acids is 2. The van der Waals surface area contributed by atoms with Crippen LogP contribution in [0.15, 0.2) is 29.5 Å². The van der Waals surface area contributed by atoms with E-state index in [0.717, 1.165) is 6.42 Å². The van der Waals surface area contributed by atoms with Gasteiger partial charge in [0.15, 0.2) is 11.5 Å². The van der Waals surface area contributed by atoms with Crippen molar-refractivity contribution in [2.45, 2.75) is 26.3 Å². The molecule has 1 aliphatic heterocycles. The van der Waals surface area contributed by atoms with Gasteiger partial charge in [0.1, 0.15) is 0 Å². The maximum Gasteiger partial charge on any atom is 0.337 e. The van der Waals surface area contributed by atoms with Crippen LogP contribution in [0.3, 0.4) is 0 Å². The molecule has 0 radical (unpaired) electrons. The van der Waals surface area contributed by atoms with Gasteiger partial charge in [0.05, 0.1) is 32.4 Å². The molecule has 0 aliphatic carbocycles. The average Bonchev–Trinajstić information content (AvgIpc) is 2.63. The highest BCUT2D eigenvalue weighted by Crippen LogP contribution is 2.35. The summed E-state index contributed by atoms with van der Waals surface area (Å²) < 4.78 is 15.9. The van der Waals surface area contributed by atoms with E-state index in [1.165, 1.54) is 12.0 Å². The number of hydrogen-bond donors (Lipinski definition) is 1. The Balaban J connectivity index is 2.47. The van der Waals surface area contributed by atoms with Gasteiger partial charge in [0.25, 0.3) is 0 Å². The summed E-state index contributed by atoms with van der Waals surface area (Å²) in [6.07, 6.45) is 0.879. The Morgan fingerprint density at radius 2 is 2.00 bits per heavy atom. The van der Waals surface area contributed by atoms with Gasteiger partial charge in [-0.3, -0.25) is 0 Å². The molecular formula is C18H24N2O5. The van der Waals surface area contributed by atoms with Crippen molar-refractivity contribution in [3.05, 3.63) is 35.0 Å². The first-order chi connectivity index (χ1) is 11.9. The lowest BCUT2D eigenvalue weighted by molar-refractivity contribution is -0.136. The first-order valence-corrected chi connectivity index (χ1v) is 8.08. The molecule has 1 aromatic carbocycles. The third-order valence-corrected chi connectivity index (χ3v) is 4.14. The highest BCUT2D eigenvalue weighted by atomic mass is 16.5. The summed E-state index contributed by atoms with van der Waals surface area (Å²) in [5.41, 5.74) is 1.64. The fourth-order valence-corrected chi connectivity index (χ4v) is 2.65. The third-order valence-electron chi connectivity index (χ3n) is 4.14. The molecule has 0 spiro atoms. The maximum absolute atomic E-state index is 12.3. The summed E-state index contributed by atoms with van der Waals surface area (Å²) >= 11 is 0. The van der Waals surface area contributed by atoms with E-state index in [1.54, 1.807) is 39.3 Å². The zero-order valence-electron chi connectivity index (χ0n) is 15.2. The second-order valence-electron chi connectivity index (χ2n) is 5.69. The number of esters is 1. The number of hydrogen-bond acceptors (Lipinski definition) is 5. The first-order valence-electron chi connectivity index (χ1n) is 8.08. The molecule has 2 rings (SSSR count). The molecule has 0 aromatic heterocycles. The molecule has 0 fully saturated rings. The molecule has 0 unspecified atom stereocenters. The Bertz CT molecular complexity index is 699. The number of allylic oxidation sites excluding steroid dienone is 1. The van der Waals surface area contributed by atoms with Gasteiger partial charge >= 0.3 is 12.0 Å². The van der Waals surface area contributed by atoms with Crippen LogP contribution in [0.25, 0.3) is 0 Å². The number of benzene rings is 1. The van der Waals surface area contributed by atoms with Crippen LogP contribution in [0.2, 0.25) is 0 Å². The lowest BCUT2D eigenvalue weighted by Gasteiger charge is -2.33. The summed E-state index contributed by atoms with van der Waals surface area (Å²) in [6.45, 7) is 4.31. The standard InChI is InChI=1S/C18H24N2O5/c1-6-9-25-13-8-7-12(10-14(13)23-4)16-15(17(21)24-5)11(2)20(3)18(22)19-16/h7-8,10,16H,6,9H2,1-5H3,(H,19,22)/t16-/m1/s1. The number of methoxy groups -OCH3 is 2. The third kappa shape index (κ3) is 3.70. The van der Waals surface area contributed by atoms with Gasteiger partial charge in [-0.2, -0.15) is 0 Å². The van der Waals surface area contributed by atoms with Crippen molar-refractivity contribution in [2.24, 2.45) is 0 Å². The van der Waals surface area contributed by atoms with Crippen LogP contribution in [0.5, 0.6) is 11.5 Å². The van der Waals surface area contributed by atoms with Crippen molar-refractivity contribution in [3.63, 3.8) is 0 Å². The Morgan fingerprint density at radius 3 is 2.60 bits per heavy atom. The van der Waals surface area contributed by atoms with Gasteiger partial charge < -0.3 is 24.4 Å². The van der Waals surface area contributed by atoms with Crippen LogP contribution < -0.4 is 14.8 Å². The predicted octanol–water partition coefficient (Wildman–Crippen LogP) is 2.63. The molecule has 136 valence electrons. The molecule has 7 heteroatoms. The normalized spacial score (nSPS) is 17.2. The first kappa shape index (κ1) is 18.6. The highest BCUT2D eigenvalue weighted by molar-refractivity contribution is 5.94. The Morgan fingerprint density at radius 1 is 1.28 bits per heavy atom. The molecule has 0 saturated carbocycles. The summed E-state index contributed by atoms with van der Waals surface area (Å²) in [6, 6.07) is 4.43. The summed E-state index contributed by atoms with van der Waals surface area (Å²) in [5.74, 6) is 0.674. The van der Waals surface area contributed by atoms with Crippen LogP contribution in [0.1, 0.15) is 31.9 Å².